The van der Waals surface area contributed by atoms with Crippen LogP contribution < -0.4 is 0 Å². The molecular formula is C13H16O3. The summed E-state index contributed by atoms with van der Waals surface area (Å²) in [7, 11) is 0. The second-order valence-electron chi connectivity index (χ2n) is 5.10. The van der Waals surface area contributed by atoms with Crippen molar-refractivity contribution in [3.8, 4) is 0 Å². The van der Waals surface area contributed by atoms with E-state index in [-0.39, 0.29) is 23.6 Å². The van der Waals surface area contributed by atoms with Crippen LogP contribution in [0.2, 0.25) is 0 Å². The molecule has 0 saturated heterocycles. The van der Waals surface area contributed by atoms with Gasteiger partial charge in [-0.25, -0.2) is 0 Å². The molecule has 0 heterocycles. The van der Waals surface area contributed by atoms with E-state index < -0.39 is 5.41 Å². The quantitative estimate of drug-likeness (QED) is 0.525. The summed E-state index contributed by atoms with van der Waals surface area (Å²) in [5.74, 6) is 0.589. The van der Waals surface area contributed by atoms with E-state index >= 15 is 0 Å². The molecule has 3 aliphatic rings. The third kappa shape index (κ3) is 0.989. The zero-order valence-electron chi connectivity index (χ0n) is 9.44. The molecule has 2 fully saturated rings. The number of esters is 1. The predicted molar refractivity (Wildman–Crippen MR) is 57.5 cm³/mol. The van der Waals surface area contributed by atoms with Crippen molar-refractivity contribution in [2.45, 2.75) is 26.2 Å². The molecule has 0 aromatic rings. The van der Waals surface area contributed by atoms with Crippen molar-refractivity contribution in [3.05, 3.63) is 12.2 Å². The Balaban J connectivity index is 2.01. The molecule has 0 aromatic heterocycles. The van der Waals surface area contributed by atoms with Crippen LogP contribution in [0.25, 0.3) is 0 Å². The highest BCUT2D eigenvalue weighted by Gasteiger charge is 2.66. The molecular weight excluding hydrogens is 204 g/mol. The zero-order chi connectivity index (χ0) is 11.3. The molecule has 3 nitrogen and oxygen atoms in total. The topological polar surface area (TPSA) is 43.4 Å². The summed E-state index contributed by atoms with van der Waals surface area (Å²) < 4.78 is 5.21. The maximum atomic E-state index is 12.2. The van der Waals surface area contributed by atoms with Crippen LogP contribution in [0.3, 0.4) is 0 Å². The molecule has 3 heteroatoms. The fourth-order valence-corrected chi connectivity index (χ4v) is 3.97. The monoisotopic (exact) mass is 220 g/mol. The largest absolute Gasteiger partial charge is 0.466 e. The highest BCUT2D eigenvalue weighted by Crippen LogP contribution is 2.62. The second kappa shape index (κ2) is 3.19. The molecule has 0 radical (unpaired) electrons. The highest BCUT2D eigenvalue weighted by molar-refractivity contribution is 5.95. The van der Waals surface area contributed by atoms with Crippen LogP contribution in [0.4, 0.5) is 0 Å². The van der Waals surface area contributed by atoms with Gasteiger partial charge in [-0.2, -0.15) is 0 Å². The maximum Gasteiger partial charge on any atom is 0.313 e. The molecule has 3 rings (SSSR count). The summed E-state index contributed by atoms with van der Waals surface area (Å²) in [6.07, 6.45) is 6.46. The average Bonchev–Trinajstić information content (AvgIpc) is 2.90. The van der Waals surface area contributed by atoms with E-state index in [2.05, 4.69) is 12.2 Å². The van der Waals surface area contributed by atoms with Gasteiger partial charge < -0.3 is 4.74 Å². The van der Waals surface area contributed by atoms with Crippen molar-refractivity contribution in [1.82, 2.24) is 0 Å². The second-order valence-corrected chi connectivity index (χ2v) is 5.10. The lowest BCUT2D eigenvalue weighted by Crippen LogP contribution is -2.41. The molecule has 0 N–H and O–H groups in total. The number of Topliss-reactive ketones (excluding diaryl/α,β-unsaturated/α-hetero) is 1. The Kier molecular flexibility index (Phi) is 2.00. The SMILES string of the molecule is CCOC(=O)[C@@]12CCC(=O)[C@@H]1[C@@H]1C=C[C@H]2C1. The van der Waals surface area contributed by atoms with E-state index in [9.17, 15) is 9.59 Å². The first-order chi connectivity index (χ1) is 7.70. The van der Waals surface area contributed by atoms with Crippen molar-refractivity contribution in [3.63, 3.8) is 0 Å². The smallest absolute Gasteiger partial charge is 0.313 e. The number of ether oxygens (including phenoxy) is 1. The molecule has 2 bridgehead atoms. The number of hydrogen-bond acceptors (Lipinski definition) is 3. The lowest BCUT2D eigenvalue weighted by Gasteiger charge is -2.33. The molecule has 0 aliphatic heterocycles. The van der Waals surface area contributed by atoms with Gasteiger partial charge in [0.15, 0.2) is 0 Å². The van der Waals surface area contributed by atoms with Crippen LogP contribution in [0.15, 0.2) is 12.2 Å². The molecule has 3 aliphatic carbocycles. The molecule has 0 unspecified atom stereocenters. The zero-order valence-corrected chi connectivity index (χ0v) is 9.44. The van der Waals surface area contributed by atoms with Crippen molar-refractivity contribution < 1.29 is 14.3 Å². The van der Waals surface area contributed by atoms with Crippen LogP contribution in [0.5, 0.6) is 0 Å². The third-order valence-corrected chi connectivity index (χ3v) is 4.55. The number of carbonyl (C=O) groups excluding carboxylic acids is 2. The van der Waals surface area contributed by atoms with E-state index in [1.807, 2.05) is 6.92 Å². The summed E-state index contributed by atoms with van der Waals surface area (Å²) >= 11 is 0. The van der Waals surface area contributed by atoms with Crippen molar-refractivity contribution >= 4 is 11.8 Å². The number of allylic oxidation sites excluding steroid dienone is 2. The first-order valence-corrected chi connectivity index (χ1v) is 6.08. The Morgan fingerprint density at radius 2 is 2.38 bits per heavy atom. The van der Waals surface area contributed by atoms with Crippen LogP contribution in [0, 0.1) is 23.2 Å². The summed E-state index contributed by atoms with van der Waals surface area (Å²) in [6.45, 7) is 2.23. The number of rotatable bonds is 2. The van der Waals surface area contributed by atoms with E-state index in [1.54, 1.807) is 0 Å². The molecule has 86 valence electrons. The minimum Gasteiger partial charge on any atom is -0.466 e. The fraction of sp³-hybridized carbons (Fsp3) is 0.692. The molecule has 0 aromatic carbocycles. The first-order valence-electron chi connectivity index (χ1n) is 6.08. The summed E-state index contributed by atoms with van der Waals surface area (Å²) in [5.41, 5.74) is -0.494. The number of hydrogen-bond donors (Lipinski definition) is 0. The van der Waals surface area contributed by atoms with Crippen LogP contribution >= 0.6 is 0 Å². The van der Waals surface area contributed by atoms with Gasteiger partial charge in [0.2, 0.25) is 0 Å². The van der Waals surface area contributed by atoms with E-state index in [1.165, 1.54) is 0 Å². The Morgan fingerprint density at radius 3 is 3.12 bits per heavy atom. The predicted octanol–water partition coefficient (Wildman–Crippen LogP) is 1.72. The fourth-order valence-electron chi connectivity index (χ4n) is 3.97. The molecule has 0 spiro atoms. The van der Waals surface area contributed by atoms with Crippen molar-refractivity contribution in [2.75, 3.05) is 6.61 Å². The van der Waals surface area contributed by atoms with Gasteiger partial charge in [-0.1, -0.05) is 12.2 Å². The Morgan fingerprint density at radius 1 is 1.56 bits per heavy atom. The van der Waals surface area contributed by atoms with Gasteiger partial charge >= 0.3 is 5.97 Å². The molecule has 4 atom stereocenters. The first kappa shape index (κ1) is 10.1. The third-order valence-electron chi connectivity index (χ3n) is 4.55. The van der Waals surface area contributed by atoms with E-state index in [4.69, 9.17) is 4.74 Å². The van der Waals surface area contributed by atoms with Crippen LogP contribution in [0.1, 0.15) is 26.2 Å². The van der Waals surface area contributed by atoms with E-state index in [0.717, 1.165) is 6.42 Å². The molecule has 2 saturated carbocycles. The van der Waals surface area contributed by atoms with Gasteiger partial charge in [0, 0.05) is 12.3 Å². The minimum atomic E-state index is -0.494. The standard InChI is InChI=1S/C13H16O3/c1-2-16-12(15)13-6-5-10(14)11(13)8-3-4-9(13)7-8/h3-4,8-9,11H,2,5-7H2,1H3/t8-,9+,11+,13-/m1/s1. The summed E-state index contributed by atoms with van der Waals surface area (Å²) in [4.78, 5) is 24.1. The Hall–Kier alpha value is -1.12. The summed E-state index contributed by atoms with van der Waals surface area (Å²) in [5, 5.41) is 0. The van der Waals surface area contributed by atoms with Gasteiger partial charge in [-0.05, 0) is 31.6 Å². The minimum absolute atomic E-state index is 0.0819. The number of carbonyl (C=O) groups is 2. The maximum absolute atomic E-state index is 12.2. The normalized spacial score (nSPS) is 43.8. The van der Waals surface area contributed by atoms with Gasteiger partial charge in [-0.3, -0.25) is 9.59 Å². The lowest BCUT2D eigenvalue weighted by atomic mass is 9.70. The van der Waals surface area contributed by atoms with Gasteiger partial charge in [0.1, 0.15) is 5.78 Å². The van der Waals surface area contributed by atoms with E-state index in [0.29, 0.717) is 25.4 Å². The van der Waals surface area contributed by atoms with Crippen LogP contribution in [-0.2, 0) is 14.3 Å². The van der Waals surface area contributed by atoms with Gasteiger partial charge in [0.05, 0.1) is 12.0 Å². The lowest BCUT2D eigenvalue weighted by molar-refractivity contribution is -0.160. The average molecular weight is 220 g/mol. The summed E-state index contributed by atoms with van der Waals surface area (Å²) in [6, 6.07) is 0. The highest BCUT2D eigenvalue weighted by atomic mass is 16.5. The molecule has 16 heavy (non-hydrogen) atoms. The number of ketones is 1. The Bertz CT molecular complexity index is 385. The number of fused-ring (bicyclic) bond motifs is 5. The molecule has 0 amide bonds. The van der Waals surface area contributed by atoms with Gasteiger partial charge in [0.25, 0.3) is 0 Å². The van der Waals surface area contributed by atoms with Crippen LogP contribution in [-0.4, -0.2) is 18.4 Å². The van der Waals surface area contributed by atoms with Crippen molar-refractivity contribution in [2.24, 2.45) is 23.2 Å². The van der Waals surface area contributed by atoms with Gasteiger partial charge in [-0.15, -0.1) is 0 Å². The van der Waals surface area contributed by atoms with Crippen molar-refractivity contribution in [1.29, 1.82) is 0 Å². The Labute approximate surface area is 94.8 Å².